The van der Waals surface area contributed by atoms with E-state index in [2.05, 4.69) is 9.97 Å². The van der Waals surface area contributed by atoms with E-state index in [0.29, 0.717) is 10.1 Å². The van der Waals surface area contributed by atoms with Crippen molar-refractivity contribution >= 4 is 63.1 Å². The van der Waals surface area contributed by atoms with Crippen molar-refractivity contribution in [2.24, 2.45) is 0 Å². The smallest absolute Gasteiger partial charge is 0.116 e. The maximum atomic E-state index is 9.61. The summed E-state index contributed by atoms with van der Waals surface area (Å²) < 4.78 is 202. The fraction of sp³-hybridized carbons (Fsp3) is 0. The van der Waals surface area contributed by atoms with Gasteiger partial charge in [0.1, 0.15) is 6.33 Å². The second-order valence-corrected chi connectivity index (χ2v) is 12.9. The Bertz CT molecular complexity index is 4150. The molecule has 0 fully saturated rings. The van der Waals surface area contributed by atoms with Crippen LogP contribution in [0.5, 0.6) is 0 Å². The topological polar surface area (TPSA) is 25.8 Å². The number of rotatable bonds is 5. The summed E-state index contributed by atoms with van der Waals surface area (Å²) in [5, 5.41) is 0.179. The van der Waals surface area contributed by atoms with Crippen molar-refractivity contribution in [1.29, 1.82) is 0 Å². The Balaban J connectivity index is 1.17. The molecule has 0 radical (unpaired) electrons. The van der Waals surface area contributed by atoms with Gasteiger partial charge in [0, 0.05) is 35.8 Å². The first-order valence-corrected chi connectivity index (χ1v) is 16.5. The molecule has 10 rings (SSSR count). The van der Waals surface area contributed by atoms with E-state index in [0.717, 1.165) is 35.1 Å². The van der Waals surface area contributed by atoms with Gasteiger partial charge in [0.2, 0.25) is 0 Å². The van der Waals surface area contributed by atoms with Gasteiger partial charge in [-0.25, -0.2) is 9.97 Å². The van der Waals surface area contributed by atoms with Gasteiger partial charge in [0.15, 0.2) is 0 Å². The molecule has 0 atom stereocenters. The molecule has 0 aliphatic carbocycles. The molecular formula is C46H28N2S2. The van der Waals surface area contributed by atoms with Crippen molar-refractivity contribution in [1.82, 2.24) is 9.97 Å². The van der Waals surface area contributed by atoms with Gasteiger partial charge in [-0.1, -0.05) is 133 Å². The zero-order valence-electron chi connectivity index (χ0n) is 48.1. The van der Waals surface area contributed by atoms with E-state index in [9.17, 15) is 2.74 Å². The summed E-state index contributed by atoms with van der Waals surface area (Å²) in [7, 11) is 0. The molecule has 3 aromatic heterocycles. The Kier molecular flexibility index (Phi) is 3.36. The number of benzene rings is 7. The second kappa shape index (κ2) is 11.9. The van der Waals surface area contributed by atoms with Gasteiger partial charge in [-0.2, -0.15) is 0 Å². The maximum Gasteiger partial charge on any atom is 0.116 e. The molecule has 3 heterocycles. The molecular weight excluding hydrogens is 645 g/mol. The molecule has 234 valence electrons. The molecule has 0 unspecified atom stereocenters. The fourth-order valence-electron chi connectivity index (χ4n) is 5.61. The van der Waals surface area contributed by atoms with Crippen molar-refractivity contribution in [2.45, 2.75) is 0 Å². The van der Waals surface area contributed by atoms with Gasteiger partial charge in [-0.15, -0.1) is 22.7 Å². The quantitative estimate of drug-likeness (QED) is 0.179. The highest BCUT2D eigenvalue weighted by Gasteiger charge is 2.16. The van der Waals surface area contributed by atoms with Crippen molar-refractivity contribution in [2.75, 3.05) is 0 Å². The number of aromatic nitrogens is 2. The molecule has 0 N–H and O–H groups in total. The van der Waals surface area contributed by atoms with Gasteiger partial charge in [0.25, 0.3) is 0 Å². The third kappa shape index (κ3) is 4.92. The second-order valence-electron chi connectivity index (χ2n) is 10.8. The van der Waals surface area contributed by atoms with E-state index in [1.54, 1.807) is 6.07 Å². The molecule has 7 aromatic carbocycles. The van der Waals surface area contributed by atoms with Crippen LogP contribution in [0.25, 0.3) is 96.2 Å². The monoisotopic (exact) mass is 695 g/mol. The van der Waals surface area contributed by atoms with Gasteiger partial charge in [-0.3, -0.25) is 0 Å². The molecule has 4 heteroatoms. The highest BCUT2D eigenvalue weighted by Crippen LogP contribution is 2.42. The van der Waals surface area contributed by atoms with E-state index in [1.165, 1.54) is 12.1 Å². The molecule has 0 bridgehead atoms. The normalized spacial score (nSPS) is 18.0. The first kappa shape index (κ1) is 14.1. The van der Waals surface area contributed by atoms with Crippen molar-refractivity contribution in [3.63, 3.8) is 0 Å². The third-order valence-electron chi connectivity index (χ3n) is 7.90. The number of thiophene rings is 2. The zero-order chi connectivity index (χ0) is 53.0. The summed E-state index contributed by atoms with van der Waals surface area (Å²) in [6.07, 6.45) is 1.12. The maximum absolute atomic E-state index is 9.61. The van der Waals surface area contributed by atoms with Crippen LogP contribution in [0, 0.1) is 0 Å². The summed E-state index contributed by atoms with van der Waals surface area (Å²) in [4.78, 5) is 8.90. The lowest BCUT2D eigenvalue weighted by Gasteiger charge is -2.09. The van der Waals surface area contributed by atoms with Crippen LogP contribution in [0.2, 0.25) is 0 Å². The van der Waals surface area contributed by atoms with Crippen LogP contribution in [-0.2, 0) is 0 Å². The number of hydrogen-bond acceptors (Lipinski definition) is 4. The molecule has 0 saturated heterocycles. The Morgan fingerprint density at radius 1 is 0.440 bits per heavy atom. The van der Waals surface area contributed by atoms with Crippen LogP contribution in [0.15, 0.2) is 170 Å². The van der Waals surface area contributed by atoms with Crippen LogP contribution in [0.3, 0.4) is 0 Å². The number of hydrogen-bond donors (Lipinski definition) is 0. The number of nitrogens with zero attached hydrogens (tertiary/aromatic N) is 2. The summed E-state index contributed by atoms with van der Waals surface area (Å²) in [5.41, 5.74) is -2.73. The molecule has 0 spiro atoms. The molecule has 0 aliphatic heterocycles. The van der Waals surface area contributed by atoms with Crippen LogP contribution in [0.4, 0.5) is 0 Å². The molecule has 0 amide bonds. The lowest BCUT2D eigenvalue weighted by Crippen LogP contribution is -1.88. The molecule has 2 nitrogen and oxygen atoms in total. The predicted octanol–water partition coefficient (Wildman–Crippen LogP) is 13.5. The molecule has 50 heavy (non-hydrogen) atoms. The Morgan fingerprint density at radius 3 is 2.00 bits per heavy atom. The van der Waals surface area contributed by atoms with Crippen LogP contribution < -0.4 is 0 Å². The Morgan fingerprint density at radius 2 is 1.10 bits per heavy atom. The fourth-order valence-corrected chi connectivity index (χ4v) is 7.81. The van der Waals surface area contributed by atoms with Gasteiger partial charge >= 0.3 is 0 Å². The standard InChI is InChI=1S/C46H28N2S2/c1-2-9-29(10-3-1)30-19-21-31(22-20-30)34-23-24-42-40(27-34)44-46(50-42)43(47-28-48-44)36-14-7-12-33(26-36)32-11-6-13-35(25-32)37-16-8-17-39-38-15-4-5-18-41(38)49-45(37)39/h1-28H/i1D,2D,3D,4D,5D,7D,8D,9D,10D,11D,12D,13D,14D,15D,16D,17D,18D,19D,20D,21D,22D,25D,26D. The van der Waals surface area contributed by atoms with Gasteiger partial charge in [-0.05, 0) is 74.8 Å². The lowest BCUT2D eigenvalue weighted by atomic mass is 9.96. The minimum Gasteiger partial charge on any atom is -0.235 e. The summed E-state index contributed by atoms with van der Waals surface area (Å²) in [6.45, 7) is 0. The first-order chi connectivity index (χ1) is 34.3. The minimum atomic E-state index is -0.738. The average Bonchev–Trinajstić information content (AvgIpc) is 3.95. The van der Waals surface area contributed by atoms with Crippen molar-refractivity contribution in [3.8, 4) is 55.8 Å². The zero-order valence-corrected chi connectivity index (χ0v) is 26.7. The van der Waals surface area contributed by atoms with E-state index < -0.39 is 161 Å². The van der Waals surface area contributed by atoms with Crippen LogP contribution >= 0.6 is 22.7 Å². The predicted molar refractivity (Wildman–Crippen MR) is 215 cm³/mol. The summed E-state index contributed by atoms with van der Waals surface area (Å²) >= 11 is 1.86. The van der Waals surface area contributed by atoms with E-state index in [1.807, 2.05) is 0 Å². The van der Waals surface area contributed by atoms with Gasteiger partial charge in [0.05, 0.1) is 47.4 Å². The third-order valence-corrected chi connectivity index (χ3v) is 10.2. The molecule has 0 aliphatic rings. The van der Waals surface area contributed by atoms with Crippen LogP contribution in [0.1, 0.15) is 31.5 Å². The largest absolute Gasteiger partial charge is 0.235 e. The highest BCUT2D eigenvalue weighted by molar-refractivity contribution is 7.26. The first-order valence-electron chi connectivity index (χ1n) is 26.3. The van der Waals surface area contributed by atoms with E-state index in [4.69, 9.17) is 28.8 Å². The summed E-state index contributed by atoms with van der Waals surface area (Å²) in [6, 6.07) is -8.78. The van der Waals surface area contributed by atoms with Gasteiger partial charge < -0.3 is 0 Å². The minimum absolute atomic E-state index is 0.00319. The Hall–Kier alpha value is -5.94. The number of fused-ring (bicyclic) bond motifs is 6. The highest BCUT2D eigenvalue weighted by atomic mass is 32.1. The molecule has 0 saturated carbocycles. The average molecular weight is 696 g/mol. The SMILES string of the molecule is [2H]c1cc([2H])c(-c2c([2H])c([2H])c([2H])c3c2sc2c([2H])c([2H])c([2H])c([2H])c23)c([2H])c1-c1c([2H])c([2H])c([2H])c(-c2ncnc3c2sc2ccc(-c4c([2H])c([2H])c(-c5c([2H])c([2H])c([2H])c([2H])c5[2H])c([2H])c4[2H])cc23)c1[2H]. The van der Waals surface area contributed by atoms with E-state index >= 15 is 0 Å². The Labute approximate surface area is 329 Å². The lowest BCUT2D eigenvalue weighted by molar-refractivity contribution is 1.24. The summed E-state index contributed by atoms with van der Waals surface area (Å²) in [5.74, 6) is 0. The van der Waals surface area contributed by atoms with Crippen molar-refractivity contribution < 1.29 is 31.5 Å². The van der Waals surface area contributed by atoms with Crippen molar-refractivity contribution in [3.05, 3.63) is 170 Å². The van der Waals surface area contributed by atoms with Crippen LogP contribution in [-0.4, -0.2) is 9.97 Å². The van der Waals surface area contributed by atoms with E-state index in [-0.39, 0.29) is 63.9 Å². The molecule has 10 aromatic rings.